The highest BCUT2D eigenvalue weighted by Gasteiger charge is 2.69. The minimum absolute atomic E-state index is 0.0204. The Bertz CT molecular complexity index is 3250. The zero-order valence-electron chi connectivity index (χ0n) is 62.3. The predicted octanol–water partition coefficient (Wildman–Crippen LogP) is 18.2. The molecule has 4 aliphatic heterocycles. The van der Waals surface area contributed by atoms with E-state index in [-0.39, 0.29) is 163 Å². The number of carbonyl (C=O) groups excluding carboxylic acids is 8. The number of ether oxygens (including phenoxy) is 4. The Labute approximate surface area is 591 Å². The first-order valence-electron chi connectivity index (χ1n) is 38.1. The Hall–Kier alpha value is -6.32. The van der Waals surface area contributed by atoms with Crippen LogP contribution in [0.4, 0.5) is 0 Å². The Morgan fingerprint density at radius 3 is 0.650 bits per heavy atom. The highest BCUT2D eigenvalue weighted by Crippen LogP contribution is 2.70. The van der Waals surface area contributed by atoms with Gasteiger partial charge in [0, 0.05) is 69.6 Å². The Morgan fingerprint density at radius 2 is 0.480 bits per heavy atom. The highest BCUT2D eigenvalue weighted by molar-refractivity contribution is 5.90. The fraction of sp³-hybridized carbons (Fsp3) is 0.714. The number of hydrogen-bond donors (Lipinski definition) is 0. The molecule has 12 aliphatic rings. The number of ketones is 4. The summed E-state index contributed by atoms with van der Waals surface area (Å²) in [5, 5.41) is 0. The molecule has 4 aromatic heterocycles. The molecule has 0 amide bonds. The van der Waals surface area contributed by atoms with Crippen molar-refractivity contribution >= 4 is 47.0 Å². The minimum Gasteiger partial charge on any atom is -0.472 e. The number of hydrogen-bond acceptors (Lipinski definition) is 16. The molecule has 16 heteroatoms. The van der Waals surface area contributed by atoms with Crippen LogP contribution in [0, 0.1) is 138 Å². The molecule has 100 heavy (non-hydrogen) atoms. The van der Waals surface area contributed by atoms with Gasteiger partial charge < -0.3 is 36.6 Å². The number of cyclic esters (lactones) is 4. The van der Waals surface area contributed by atoms with Gasteiger partial charge in [-0.15, -0.1) is 0 Å². The fourth-order valence-corrected chi connectivity index (χ4v) is 24.9. The van der Waals surface area contributed by atoms with Crippen molar-refractivity contribution in [2.24, 2.45) is 138 Å². The summed E-state index contributed by atoms with van der Waals surface area (Å²) in [5.74, 6) is 2.19. The van der Waals surface area contributed by atoms with E-state index in [1.54, 1.807) is 50.1 Å². The first-order chi connectivity index (χ1) is 47.1. The second-order valence-corrected chi connectivity index (χ2v) is 36.6. The van der Waals surface area contributed by atoms with Crippen LogP contribution in [0.3, 0.4) is 0 Å². The molecule has 544 valence electrons. The molecular formula is C84H112O16. The minimum atomic E-state index is -0.343. The van der Waals surface area contributed by atoms with Crippen LogP contribution in [0.25, 0.3) is 0 Å². The van der Waals surface area contributed by atoms with E-state index in [1.807, 2.05) is 24.3 Å². The zero-order chi connectivity index (χ0) is 71.9. The van der Waals surface area contributed by atoms with Gasteiger partial charge in [-0.1, -0.05) is 111 Å². The summed E-state index contributed by atoms with van der Waals surface area (Å²) >= 11 is 0. The van der Waals surface area contributed by atoms with Gasteiger partial charge in [-0.05, 0) is 194 Å². The van der Waals surface area contributed by atoms with E-state index in [1.165, 1.54) is 0 Å². The average Bonchev–Trinajstić information content (AvgIpc) is 0.941. The summed E-state index contributed by atoms with van der Waals surface area (Å²) in [6.07, 6.45) is 25.5. The Kier molecular flexibility index (Phi) is 18.6. The molecule has 0 N–H and O–H groups in total. The number of carbonyl (C=O) groups is 8. The lowest BCUT2D eigenvalue weighted by Gasteiger charge is -2.61. The molecule has 0 aromatic carbocycles. The van der Waals surface area contributed by atoms with Crippen molar-refractivity contribution in [1.82, 2.24) is 0 Å². The molecule has 8 saturated carbocycles. The molecule has 0 bridgehead atoms. The van der Waals surface area contributed by atoms with Crippen LogP contribution < -0.4 is 0 Å². The van der Waals surface area contributed by atoms with E-state index in [0.29, 0.717) is 72.5 Å². The largest absolute Gasteiger partial charge is 0.472 e. The molecule has 4 aromatic rings. The van der Waals surface area contributed by atoms with Gasteiger partial charge >= 0.3 is 23.9 Å². The molecule has 0 radical (unpaired) electrons. The van der Waals surface area contributed by atoms with Crippen molar-refractivity contribution in [3.05, 3.63) is 96.6 Å². The van der Waals surface area contributed by atoms with Crippen LogP contribution in [0.1, 0.15) is 260 Å². The van der Waals surface area contributed by atoms with E-state index in [4.69, 9.17) is 36.6 Å². The van der Waals surface area contributed by atoms with Crippen molar-refractivity contribution in [3.8, 4) is 0 Å². The molecule has 4 unspecified atom stereocenters. The van der Waals surface area contributed by atoms with Gasteiger partial charge in [0.15, 0.2) is 0 Å². The monoisotopic (exact) mass is 1380 g/mol. The zero-order valence-corrected chi connectivity index (χ0v) is 62.3. The van der Waals surface area contributed by atoms with Crippen LogP contribution in [0.15, 0.2) is 92.0 Å². The molecule has 28 atom stereocenters. The molecule has 12 fully saturated rings. The molecule has 8 aliphatic carbocycles. The van der Waals surface area contributed by atoms with E-state index < -0.39 is 0 Å². The van der Waals surface area contributed by atoms with Crippen molar-refractivity contribution in [3.63, 3.8) is 0 Å². The van der Waals surface area contributed by atoms with E-state index in [9.17, 15) is 38.4 Å². The number of rotatable bonds is 4. The van der Waals surface area contributed by atoms with Gasteiger partial charge in [-0.3, -0.25) is 38.4 Å². The standard InChI is InChI=1S/4C21H28O4/c4*1-12-9-13(2)20(3)7-5-15-19(23)25-16(14-6-8-24-11-14)10-21(15,4)18(20)17(12)22/h4*6,8,11-13,15-16,18H,5,7,9-10H2,1-4H3/t12-,13+,15+,16-,18?,20-,21-;12-,13+,15-,16-,18?,20-,21-;12-,13-,15+,16+,18?,20+,21+;12-,13-,15-,16+,18?,20+,21+/m0011/s1. The van der Waals surface area contributed by atoms with Gasteiger partial charge in [-0.25, -0.2) is 0 Å². The summed E-state index contributed by atoms with van der Waals surface area (Å²) in [5.41, 5.74) is 2.12. The third kappa shape index (κ3) is 11.4. The lowest BCUT2D eigenvalue weighted by atomic mass is 9.42. The first kappa shape index (κ1) is 72.0. The second kappa shape index (κ2) is 25.8. The van der Waals surface area contributed by atoms with Crippen molar-refractivity contribution in [2.75, 3.05) is 0 Å². The Balaban J connectivity index is 0.000000119. The summed E-state index contributed by atoms with van der Waals surface area (Å²) in [6, 6.07) is 7.43. The first-order valence-corrected chi connectivity index (χ1v) is 38.1. The summed E-state index contributed by atoms with van der Waals surface area (Å²) in [4.78, 5) is 104. The number of Topliss-reactive ketones (excluding diaryl/α,β-unsaturated/α-hetero) is 4. The maximum absolute atomic E-state index is 13.3. The highest BCUT2D eigenvalue weighted by atomic mass is 16.6. The summed E-state index contributed by atoms with van der Waals surface area (Å²) in [6.45, 7) is 35.1. The van der Waals surface area contributed by atoms with Gasteiger partial charge in [0.1, 0.15) is 47.5 Å². The molecule has 8 heterocycles. The van der Waals surface area contributed by atoms with Gasteiger partial charge in [-0.2, -0.15) is 0 Å². The molecule has 16 rings (SSSR count). The van der Waals surface area contributed by atoms with Crippen LogP contribution >= 0.6 is 0 Å². The number of esters is 4. The normalized spacial score (nSPS) is 47.0. The predicted molar refractivity (Wildman–Crippen MR) is 370 cm³/mol. The molecule has 4 saturated heterocycles. The fourth-order valence-electron chi connectivity index (χ4n) is 24.9. The maximum atomic E-state index is 13.3. The van der Waals surface area contributed by atoms with Gasteiger partial charge in [0.2, 0.25) is 0 Å². The van der Waals surface area contributed by atoms with E-state index >= 15 is 0 Å². The molecule has 0 spiro atoms. The summed E-state index contributed by atoms with van der Waals surface area (Å²) in [7, 11) is 0. The third-order valence-corrected chi connectivity index (χ3v) is 31.1. The smallest absolute Gasteiger partial charge is 0.310 e. The maximum Gasteiger partial charge on any atom is 0.310 e. The SMILES string of the molecule is C[C@@H]1C[C@@H](C)[C@]2(C)CC[C@@H]3C(=O)O[C@H](c4ccoc4)C[C@]3(C)C2C1=O.C[C@@H]1C[C@@H](C)[C@]2(C)CC[C@H]3C(=O)O[C@H](c4ccoc4)C[C@]3(C)C2C1=O.C[C@@H]1C[C@H](C)C(=O)C2[C@@]1(C)CC[C@@H]1C(=O)O[C@H](c3ccoc3)C[C@]21C.C[C@@H]1C[C@H](C)C(=O)C2[C@@]1(C)CC[C@H]1C(=O)O[C@H](c3ccoc3)C[C@]21C. The topological polar surface area (TPSA) is 226 Å². The Morgan fingerprint density at radius 1 is 0.290 bits per heavy atom. The quantitative estimate of drug-likeness (QED) is 0.137. The van der Waals surface area contributed by atoms with Crippen molar-refractivity contribution in [2.45, 2.75) is 238 Å². The molecular weight excluding hydrogens is 1260 g/mol. The number of fused-ring (bicyclic) bond motifs is 12. The third-order valence-electron chi connectivity index (χ3n) is 31.1. The summed E-state index contributed by atoms with van der Waals surface area (Å²) < 4.78 is 43.8. The molecule has 16 nitrogen and oxygen atoms in total. The van der Waals surface area contributed by atoms with Crippen LogP contribution in [-0.4, -0.2) is 47.0 Å². The van der Waals surface area contributed by atoms with E-state index in [0.717, 1.165) is 99.3 Å². The van der Waals surface area contributed by atoms with Crippen LogP contribution in [0.5, 0.6) is 0 Å². The van der Waals surface area contributed by atoms with Gasteiger partial charge in [0.05, 0.1) is 73.8 Å². The van der Waals surface area contributed by atoms with Gasteiger partial charge in [0.25, 0.3) is 0 Å². The van der Waals surface area contributed by atoms with E-state index in [2.05, 4.69) is 111 Å². The second-order valence-electron chi connectivity index (χ2n) is 36.6. The van der Waals surface area contributed by atoms with Crippen molar-refractivity contribution < 1.29 is 75.0 Å². The lowest BCUT2D eigenvalue weighted by molar-refractivity contribution is -0.203. The van der Waals surface area contributed by atoms with Crippen molar-refractivity contribution in [1.29, 1.82) is 0 Å². The lowest BCUT2D eigenvalue weighted by Crippen LogP contribution is -2.61. The van der Waals surface area contributed by atoms with Crippen LogP contribution in [0.2, 0.25) is 0 Å². The van der Waals surface area contributed by atoms with Crippen LogP contribution in [-0.2, 0) is 57.3 Å². The average molecular weight is 1380 g/mol. The number of furan rings is 4.